The molecule has 1 aromatic rings. The van der Waals surface area contributed by atoms with Crippen molar-refractivity contribution in [3.63, 3.8) is 0 Å². The highest BCUT2D eigenvalue weighted by molar-refractivity contribution is 14.0. The molecule has 0 aliphatic carbocycles. The summed E-state index contributed by atoms with van der Waals surface area (Å²) in [4.78, 5) is 21.0. The van der Waals surface area contributed by atoms with Gasteiger partial charge in [-0.15, -0.1) is 24.0 Å². The van der Waals surface area contributed by atoms with Gasteiger partial charge < -0.3 is 15.5 Å². The summed E-state index contributed by atoms with van der Waals surface area (Å²) in [5.41, 5.74) is 2.68. The van der Waals surface area contributed by atoms with Crippen LogP contribution >= 0.6 is 24.0 Å². The van der Waals surface area contributed by atoms with E-state index in [9.17, 15) is 4.79 Å². The highest BCUT2D eigenvalue weighted by Gasteiger charge is 2.23. The van der Waals surface area contributed by atoms with Crippen LogP contribution in [0.1, 0.15) is 50.2 Å². The number of rotatable bonds is 6. The zero-order valence-corrected chi connectivity index (χ0v) is 21.7. The van der Waals surface area contributed by atoms with E-state index in [1.165, 1.54) is 37.1 Å². The number of nitrogens with zero attached hydrogens (tertiary/aromatic N) is 3. The lowest BCUT2D eigenvalue weighted by Gasteiger charge is -2.34. The van der Waals surface area contributed by atoms with Gasteiger partial charge in [0.2, 0.25) is 5.91 Å². The van der Waals surface area contributed by atoms with Crippen LogP contribution in [0.4, 0.5) is 0 Å². The maximum Gasteiger partial charge on any atom is 0.220 e. The van der Waals surface area contributed by atoms with Crippen LogP contribution in [0.25, 0.3) is 0 Å². The molecule has 174 valence electrons. The first-order valence-electron chi connectivity index (χ1n) is 11.5. The number of amides is 1. The van der Waals surface area contributed by atoms with Crippen LogP contribution in [0.15, 0.2) is 29.3 Å². The van der Waals surface area contributed by atoms with E-state index in [-0.39, 0.29) is 29.9 Å². The van der Waals surface area contributed by atoms with Crippen molar-refractivity contribution in [2.24, 2.45) is 16.8 Å². The summed E-state index contributed by atoms with van der Waals surface area (Å²) in [6.07, 6.45) is 5.36. The predicted octanol–water partition coefficient (Wildman–Crippen LogP) is 3.46. The number of piperidine rings is 2. The van der Waals surface area contributed by atoms with E-state index in [1.807, 2.05) is 7.05 Å². The quantitative estimate of drug-likeness (QED) is 0.329. The molecule has 0 spiro atoms. The van der Waals surface area contributed by atoms with Crippen molar-refractivity contribution in [1.82, 2.24) is 20.4 Å². The van der Waals surface area contributed by atoms with Gasteiger partial charge in [-0.25, -0.2) is 0 Å². The first-order chi connectivity index (χ1) is 14.6. The third kappa shape index (κ3) is 8.25. The van der Waals surface area contributed by atoms with Gasteiger partial charge in [0.05, 0.1) is 0 Å². The Bertz CT molecular complexity index is 692. The van der Waals surface area contributed by atoms with Crippen LogP contribution in [0.2, 0.25) is 0 Å². The van der Waals surface area contributed by atoms with Gasteiger partial charge in [0.15, 0.2) is 5.96 Å². The van der Waals surface area contributed by atoms with Crippen LogP contribution < -0.4 is 10.6 Å². The van der Waals surface area contributed by atoms with Crippen molar-refractivity contribution >= 4 is 35.8 Å². The van der Waals surface area contributed by atoms with E-state index >= 15 is 0 Å². The first-order valence-corrected chi connectivity index (χ1v) is 11.5. The monoisotopic (exact) mass is 541 g/mol. The van der Waals surface area contributed by atoms with Gasteiger partial charge in [-0.05, 0) is 61.7 Å². The summed E-state index contributed by atoms with van der Waals surface area (Å²) in [6.45, 7) is 8.56. The molecular formula is C24H40IN5O. The molecule has 0 saturated carbocycles. The maximum atomic E-state index is 11.6. The molecule has 0 aromatic heterocycles. The average Bonchev–Trinajstić information content (AvgIpc) is 2.78. The molecule has 1 amide bonds. The van der Waals surface area contributed by atoms with Crippen LogP contribution in [-0.4, -0.2) is 61.9 Å². The van der Waals surface area contributed by atoms with Crippen molar-refractivity contribution in [1.29, 1.82) is 0 Å². The minimum absolute atomic E-state index is 0. The standard InChI is InChI=1S/C24H39N5O.HI/c1-19-8-12-28(13-9-19)18-22-6-4-21(5-7-22)17-27-24(26-3)29-14-10-20(11-15-29)16-23(30)25-2;/h4-7,19-20H,8-18H2,1-3H3,(H,25,30)(H,26,27);1H. The minimum Gasteiger partial charge on any atom is -0.359 e. The van der Waals surface area contributed by atoms with Crippen molar-refractivity contribution in [3.05, 3.63) is 35.4 Å². The third-order valence-corrected chi connectivity index (χ3v) is 6.63. The number of halogens is 1. The Hall–Kier alpha value is -1.35. The van der Waals surface area contributed by atoms with Crippen molar-refractivity contribution in [2.75, 3.05) is 40.3 Å². The summed E-state index contributed by atoms with van der Waals surface area (Å²) in [5.74, 6) is 2.47. The largest absolute Gasteiger partial charge is 0.359 e. The number of carbonyl (C=O) groups is 1. The van der Waals surface area contributed by atoms with E-state index in [0.29, 0.717) is 12.3 Å². The van der Waals surface area contributed by atoms with Crippen LogP contribution in [0.3, 0.4) is 0 Å². The van der Waals surface area contributed by atoms with E-state index in [4.69, 9.17) is 0 Å². The Labute approximate surface area is 205 Å². The summed E-state index contributed by atoms with van der Waals surface area (Å²) >= 11 is 0. The SMILES string of the molecule is CN=C(NCc1ccc(CN2CCC(C)CC2)cc1)N1CCC(CC(=O)NC)CC1.I. The number of guanidine groups is 1. The van der Waals surface area contributed by atoms with Crippen LogP contribution in [-0.2, 0) is 17.9 Å². The fourth-order valence-corrected chi connectivity index (χ4v) is 4.47. The Morgan fingerprint density at radius 3 is 2.23 bits per heavy atom. The molecule has 2 fully saturated rings. The summed E-state index contributed by atoms with van der Waals surface area (Å²) in [6, 6.07) is 9.00. The molecule has 3 rings (SSSR count). The Morgan fingerprint density at radius 1 is 1.03 bits per heavy atom. The van der Waals surface area contributed by atoms with Gasteiger partial charge in [-0.1, -0.05) is 31.2 Å². The molecule has 2 aliphatic heterocycles. The zero-order chi connectivity index (χ0) is 21.3. The lowest BCUT2D eigenvalue weighted by atomic mass is 9.93. The molecule has 7 heteroatoms. The molecule has 1 aromatic carbocycles. The van der Waals surface area contributed by atoms with Crippen LogP contribution in [0, 0.1) is 11.8 Å². The summed E-state index contributed by atoms with van der Waals surface area (Å²) in [7, 11) is 3.56. The lowest BCUT2D eigenvalue weighted by Crippen LogP contribution is -2.45. The first kappa shape index (κ1) is 25.9. The third-order valence-electron chi connectivity index (χ3n) is 6.63. The Kier molecular flexibility index (Phi) is 11.1. The number of aliphatic imine (C=N–C) groups is 1. The molecule has 2 heterocycles. The molecule has 6 nitrogen and oxygen atoms in total. The van der Waals surface area contributed by atoms with E-state index in [2.05, 4.69) is 56.6 Å². The molecule has 31 heavy (non-hydrogen) atoms. The summed E-state index contributed by atoms with van der Waals surface area (Å²) < 4.78 is 0. The van der Waals surface area contributed by atoms with Crippen molar-refractivity contribution in [2.45, 2.75) is 52.1 Å². The number of hydrogen-bond donors (Lipinski definition) is 2. The number of likely N-dealkylation sites (tertiary alicyclic amines) is 2. The Balaban J connectivity index is 0.00000341. The molecule has 0 bridgehead atoms. The van der Waals surface area contributed by atoms with Crippen molar-refractivity contribution in [3.8, 4) is 0 Å². The maximum absolute atomic E-state index is 11.6. The second-order valence-corrected chi connectivity index (χ2v) is 8.98. The zero-order valence-electron chi connectivity index (χ0n) is 19.4. The molecule has 2 saturated heterocycles. The summed E-state index contributed by atoms with van der Waals surface area (Å²) in [5, 5.41) is 6.25. The molecule has 2 aliphatic rings. The molecular weight excluding hydrogens is 501 g/mol. The smallest absolute Gasteiger partial charge is 0.220 e. The van der Waals surface area contributed by atoms with Gasteiger partial charge in [-0.2, -0.15) is 0 Å². The molecule has 0 unspecified atom stereocenters. The van der Waals surface area contributed by atoms with Gasteiger partial charge in [-0.3, -0.25) is 14.7 Å². The minimum atomic E-state index is 0. The van der Waals surface area contributed by atoms with E-state index in [0.717, 1.165) is 50.9 Å². The van der Waals surface area contributed by atoms with Gasteiger partial charge in [0.25, 0.3) is 0 Å². The number of carbonyl (C=O) groups excluding carboxylic acids is 1. The lowest BCUT2D eigenvalue weighted by molar-refractivity contribution is -0.121. The fourth-order valence-electron chi connectivity index (χ4n) is 4.47. The highest BCUT2D eigenvalue weighted by Crippen LogP contribution is 2.21. The van der Waals surface area contributed by atoms with Gasteiger partial charge in [0, 0.05) is 46.7 Å². The van der Waals surface area contributed by atoms with Crippen molar-refractivity contribution < 1.29 is 4.79 Å². The predicted molar refractivity (Wildman–Crippen MR) is 139 cm³/mol. The second-order valence-electron chi connectivity index (χ2n) is 8.98. The number of nitrogens with one attached hydrogen (secondary N) is 2. The number of benzene rings is 1. The van der Waals surface area contributed by atoms with E-state index in [1.54, 1.807) is 7.05 Å². The Morgan fingerprint density at radius 2 is 1.65 bits per heavy atom. The average molecular weight is 542 g/mol. The highest BCUT2D eigenvalue weighted by atomic mass is 127. The fraction of sp³-hybridized carbons (Fsp3) is 0.667. The second kappa shape index (κ2) is 13.3. The number of hydrogen-bond acceptors (Lipinski definition) is 3. The molecule has 0 atom stereocenters. The molecule has 0 radical (unpaired) electrons. The van der Waals surface area contributed by atoms with Crippen LogP contribution in [0.5, 0.6) is 0 Å². The normalized spacial score (nSPS) is 19.1. The topological polar surface area (TPSA) is 60.0 Å². The van der Waals surface area contributed by atoms with E-state index < -0.39 is 0 Å². The molecule has 2 N–H and O–H groups in total. The van der Waals surface area contributed by atoms with Gasteiger partial charge >= 0.3 is 0 Å². The van der Waals surface area contributed by atoms with Gasteiger partial charge in [0.1, 0.15) is 0 Å².